The van der Waals surface area contributed by atoms with Gasteiger partial charge in [0.15, 0.2) is 11.9 Å². The Morgan fingerprint density at radius 3 is 2.39 bits per heavy atom. The molecular formula is C28H38N2O8. The number of nitrogens with one attached hydrogen (secondary N) is 1. The van der Waals surface area contributed by atoms with Gasteiger partial charge in [-0.2, -0.15) is 0 Å². The number of nitrogens with two attached hydrogens (primary N) is 1. The first-order valence-corrected chi connectivity index (χ1v) is 12.4. The smallest absolute Gasteiger partial charge is 0.405 e. The van der Waals surface area contributed by atoms with Gasteiger partial charge in [-0.1, -0.05) is 38.2 Å². The molecule has 0 fully saturated rings. The first kappa shape index (κ1) is 30.9. The van der Waals surface area contributed by atoms with E-state index in [4.69, 9.17) is 19.9 Å². The number of ether oxygens (including phenoxy) is 3. The summed E-state index contributed by atoms with van der Waals surface area (Å²) in [6.45, 7) is 6.98. The maximum Gasteiger partial charge on any atom is 0.405 e. The molecule has 2 aliphatic rings. The van der Waals surface area contributed by atoms with E-state index in [0.717, 1.165) is 6.08 Å². The van der Waals surface area contributed by atoms with Crippen molar-refractivity contribution in [3.8, 4) is 0 Å². The quantitative estimate of drug-likeness (QED) is 0.371. The summed E-state index contributed by atoms with van der Waals surface area (Å²) in [5, 5.41) is 13.6. The summed E-state index contributed by atoms with van der Waals surface area (Å²) in [5.74, 6) is -1.93. The number of hydrogen-bond acceptors (Lipinski definition) is 8. The average molecular weight is 531 g/mol. The molecule has 0 aromatic rings. The fraction of sp³-hybridized carbons (Fsp3) is 0.500. The number of aliphatic hydroxyl groups excluding tert-OH is 1. The van der Waals surface area contributed by atoms with Crippen molar-refractivity contribution >= 4 is 23.6 Å². The predicted octanol–water partition coefficient (Wildman–Crippen LogP) is 2.43. The zero-order chi connectivity index (χ0) is 28.6. The minimum absolute atomic E-state index is 0.0965. The van der Waals surface area contributed by atoms with Crippen LogP contribution in [0.4, 0.5) is 4.79 Å². The Hall–Kier alpha value is -3.34. The van der Waals surface area contributed by atoms with Crippen LogP contribution in [0.1, 0.15) is 40.5 Å². The van der Waals surface area contributed by atoms with Crippen LogP contribution in [0, 0.1) is 11.8 Å². The number of carbonyl (C=O) groups is 4. The number of rotatable bonds is 3. The van der Waals surface area contributed by atoms with Crippen LogP contribution in [-0.4, -0.2) is 67.3 Å². The minimum atomic E-state index is -0.993. The van der Waals surface area contributed by atoms with E-state index in [0.29, 0.717) is 12.0 Å². The number of aliphatic hydroxyl groups is 1. The number of hydrogen-bond donors (Lipinski definition) is 3. The highest BCUT2D eigenvalue weighted by Gasteiger charge is 2.31. The van der Waals surface area contributed by atoms with E-state index in [1.165, 1.54) is 26.4 Å². The topological polar surface area (TPSA) is 154 Å². The Bertz CT molecular complexity index is 1080. The summed E-state index contributed by atoms with van der Waals surface area (Å²) < 4.78 is 16.4. The van der Waals surface area contributed by atoms with Crippen LogP contribution >= 0.6 is 0 Å². The molecule has 2 bridgehead atoms. The van der Waals surface area contributed by atoms with Crippen LogP contribution in [0.3, 0.4) is 0 Å². The number of allylic oxidation sites excluding steroid dienone is 5. The van der Waals surface area contributed by atoms with Crippen LogP contribution in [0.2, 0.25) is 0 Å². The number of Topliss-reactive ketones (excluding diaryl/α,β-unsaturated/α-hetero) is 1. The fourth-order valence-electron chi connectivity index (χ4n) is 4.53. The molecule has 0 spiro atoms. The highest BCUT2D eigenvalue weighted by Crippen LogP contribution is 2.27. The van der Waals surface area contributed by atoms with Gasteiger partial charge >= 0.3 is 6.09 Å². The molecule has 2 amide bonds. The lowest BCUT2D eigenvalue weighted by molar-refractivity contribution is -0.120. The molecule has 6 atom stereocenters. The molecule has 1 heterocycles. The molecule has 38 heavy (non-hydrogen) atoms. The minimum Gasteiger partial charge on any atom is -0.439 e. The number of carbonyl (C=O) groups excluding carboxylic acids is 4. The molecule has 2 rings (SSSR count). The largest absolute Gasteiger partial charge is 0.439 e. The summed E-state index contributed by atoms with van der Waals surface area (Å²) in [4.78, 5) is 49.7. The van der Waals surface area contributed by atoms with Crippen LogP contribution in [0.5, 0.6) is 0 Å². The molecule has 4 N–H and O–H groups in total. The van der Waals surface area contributed by atoms with E-state index in [1.54, 1.807) is 39.0 Å². The Kier molecular flexibility index (Phi) is 11.4. The third-order valence-electron chi connectivity index (χ3n) is 6.61. The summed E-state index contributed by atoms with van der Waals surface area (Å²) in [6, 6.07) is 0. The van der Waals surface area contributed by atoms with Crippen LogP contribution < -0.4 is 11.1 Å². The summed E-state index contributed by atoms with van der Waals surface area (Å²) in [6.07, 6.45) is 5.27. The van der Waals surface area contributed by atoms with E-state index < -0.39 is 53.9 Å². The maximum absolute atomic E-state index is 13.0. The molecule has 1 aliphatic carbocycles. The van der Waals surface area contributed by atoms with Crippen molar-refractivity contribution in [2.75, 3.05) is 14.2 Å². The Labute approximate surface area is 223 Å². The van der Waals surface area contributed by atoms with Gasteiger partial charge in [0.1, 0.15) is 6.10 Å². The second-order valence-corrected chi connectivity index (χ2v) is 9.79. The highest BCUT2D eigenvalue weighted by atomic mass is 16.6. The molecule has 0 saturated carbocycles. The third-order valence-corrected chi connectivity index (χ3v) is 6.61. The molecule has 10 nitrogen and oxygen atoms in total. The predicted molar refractivity (Wildman–Crippen MR) is 141 cm³/mol. The molecule has 0 aromatic carbocycles. The average Bonchev–Trinajstić information content (AvgIpc) is 2.85. The van der Waals surface area contributed by atoms with Gasteiger partial charge in [-0.25, -0.2) is 4.79 Å². The number of ketones is 2. The van der Waals surface area contributed by atoms with E-state index in [2.05, 4.69) is 5.32 Å². The lowest BCUT2D eigenvalue weighted by Crippen LogP contribution is -2.37. The Morgan fingerprint density at radius 2 is 1.79 bits per heavy atom. The van der Waals surface area contributed by atoms with Crippen LogP contribution in [0.25, 0.3) is 0 Å². The summed E-state index contributed by atoms with van der Waals surface area (Å²) in [5.41, 5.74) is 6.35. The molecule has 0 aromatic heterocycles. The Balaban J connectivity index is 2.53. The third kappa shape index (κ3) is 8.34. The van der Waals surface area contributed by atoms with Gasteiger partial charge in [-0.3, -0.25) is 14.4 Å². The maximum atomic E-state index is 13.0. The van der Waals surface area contributed by atoms with Crippen molar-refractivity contribution in [3.63, 3.8) is 0 Å². The van der Waals surface area contributed by atoms with E-state index in [-0.39, 0.29) is 29.2 Å². The normalized spacial score (nSPS) is 30.0. The summed E-state index contributed by atoms with van der Waals surface area (Å²) >= 11 is 0. The SMILES string of the molecule is CO[C@H]1C=CC=C(C)C(=O)NC2=CC(=O)C=C(C[C@@H](C)C[C@H](OC)[C@H](O)[C@@H](C)C=C(C)[C@@H]1OC(N)=O)C2=O. The zero-order valence-electron chi connectivity index (χ0n) is 22.7. The monoisotopic (exact) mass is 530 g/mol. The number of primary amides is 1. The van der Waals surface area contributed by atoms with Gasteiger partial charge in [0, 0.05) is 37.4 Å². The molecule has 1 aliphatic heterocycles. The van der Waals surface area contributed by atoms with Crippen molar-refractivity contribution in [1.29, 1.82) is 0 Å². The molecule has 0 radical (unpaired) electrons. The van der Waals surface area contributed by atoms with E-state index in [9.17, 15) is 24.3 Å². The molecular weight excluding hydrogens is 492 g/mol. The molecule has 0 unspecified atom stereocenters. The Morgan fingerprint density at radius 1 is 1.11 bits per heavy atom. The number of methoxy groups -OCH3 is 2. The van der Waals surface area contributed by atoms with Gasteiger partial charge in [-0.15, -0.1) is 0 Å². The first-order chi connectivity index (χ1) is 17.9. The lowest BCUT2D eigenvalue weighted by atomic mass is 9.86. The molecule has 10 heteroatoms. The van der Waals surface area contributed by atoms with Gasteiger partial charge in [-0.05, 0) is 44.3 Å². The second-order valence-electron chi connectivity index (χ2n) is 9.79. The van der Waals surface area contributed by atoms with Crippen molar-refractivity contribution < 1.29 is 38.5 Å². The van der Waals surface area contributed by atoms with Crippen molar-refractivity contribution in [2.45, 2.75) is 65.0 Å². The standard InChI is InChI=1S/C28H38N2O8/c1-15-10-19-13-20(31)14-21(25(19)33)30-27(34)16(2)8-7-9-22(36-5)26(38-28(29)35)18(4)12-17(3)24(32)23(11-15)37-6/h7-9,12-15,17,22-24,26,32H,10-11H2,1-6H3,(H2,29,35)(H,30,34)/t15-,17+,22+,23+,24-,26+/m1/s1. The highest BCUT2D eigenvalue weighted by molar-refractivity contribution is 6.21. The van der Waals surface area contributed by atoms with Gasteiger partial charge in [0.05, 0.1) is 17.9 Å². The van der Waals surface area contributed by atoms with Gasteiger partial charge in [0.2, 0.25) is 5.78 Å². The van der Waals surface area contributed by atoms with Crippen molar-refractivity contribution in [1.82, 2.24) is 5.32 Å². The van der Waals surface area contributed by atoms with Crippen molar-refractivity contribution in [2.24, 2.45) is 17.6 Å². The molecule has 208 valence electrons. The fourth-order valence-corrected chi connectivity index (χ4v) is 4.53. The zero-order valence-corrected chi connectivity index (χ0v) is 22.7. The van der Waals surface area contributed by atoms with Crippen molar-refractivity contribution in [3.05, 3.63) is 58.9 Å². The second kappa shape index (κ2) is 14.0. The first-order valence-electron chi connectivity index (χ1n) is 12.4. The van der Waals surface area contributed by atoms with E-state index >= 15 is 0 Å². The van der Waals surface area contributed by atoms with Crippen LogP contribution in [-0.2, 0) is 28.6 Å². The molecule has 0 saturated heterocycles. The number of amides is 2. The van der Waals surface area contributed by atoms with Gasteiger partial charge in [0.25, 0.3) is 5.91 Å². The van der Waals surface area contributed by atoms with Gasteiger partial charge < -0.3 is 30.4 Å². The van der Waals surface area contributed by atoms with E-state index in [1.807, 2.05) is 6.92 Å². The van der Waals surface area contributed by atoms with Crippen LogP contribution in [0.15, 0.2) is 58.9 Å². The summed E-state index contributed by atoms with van der Waals surface area (Å²) in [7, 11) is 2.92. The lowest BCUT2D eigenvalue weighted by Gasteiger charge is -2.29. The number of fused-ring (bicyclic) bond motifs is 2.